The number of para-hydroxylation sites is 1. The van der Waals surface area contributed by atoms with Gasteiger partial charge in [-0.15, -0.1) is 0 Å². The third-order valence-electron chi connectivity index (χ3n) is 7.27. The van der Waals surface area contributed by atoms with E-state index in [1.165, 1.54) is 25.0 Å². The predicted molar refractivity (Wildman–Crippen MR) is 126 cm³/mol. The quantitative estimate of drug-likeness (QED) is 0.570. The maximum absolute atomic E-state index is 13.8. The van der Waals surface area contributed by atoms with Gasteiger partial charge >= 0.3 is 0 Å². The fraction of sp³-hybridized carbons (Fsp3) is 0.407. The number of nitrogens with zero attached hydrogens (tertiary/aromatic N) is 2. The summed E-state index contributed by atoms with van der Waals surface area (Å²) in [5, 5.41) is 4.26. The van der Waals surface area contributed by atoms with E-state index in [0.29, 0.717) is 12.2 Å². The van der Waals surface area contributed by atoms with Crippen molar-refractivity contribution in [3.05, 3.63) is 71.7 Å². The fourth-order valence-corrected chi connectivity index (χ4v) is 5.29. The molecule has 1 saturated carbocycles. The van der Waals surface area contributed by atoms with Crippen molar-refractivity contribution >= 4 is 22.7 Å². The SMILES string of the molecule is C[C@]1(C(=O)NC2CCCCCC2)Cn2c(cc3ccccc32)C(=O)N1Cc1ccc(F)cc1. The van der Waals surface area contributed by atoms with Crippen LogP contribution in [0.5, 0.6) is 0 Å². The summed E-state index contributed by atoms with van der Waals surface area (Å²) >= 11 is 0. The third-order valence-corrected chi connectivity index (χ3v) is 7.27. The van der Waals surface area contributed by atoms with Gasteiger partial charge in [0.25, 0.3) is 5.91 Å². The van der Waals surface area contributed by atoms with E-state index in [9.17, 15) is 14.0 Å². The minimum Gasteiger partial charge on any atom is -0.351 e. The van der Waals surface area contributed by atoms with Crippen molar-refractivity contribution in [2.75, 3.05) is 0 Å². The lowest BCUT2D eigenvalue weighted by molar-refractivity contribution is -0.134. The standard InChI is InChI=1S/C27H30FN3O2/c1-27(26(33)29-22-9-4-2-3-5-10-22)18-30-23-11-7-6-8-20(23)16-24(30)25(32)31(27)17-19-12-14-21(28)15-13-19/h6-8,11-16,22H,2-5,9-10,17-18H2,1H3,(H,29,33)/t27-/m1/s1. The topological polar surface area (TPSA) is 54.3 Å². The molecule has 0 unspecified atom stereocenters. The molecule has 1 aliphatic carbocycles. The summed E-state index contributed by atoms with van der Waals surface area (Å²) in [7, 11) is 0. The number of rotatable bonds is 4. The third kappa shape index (κ3) is 4.03. The van der Waals surface area contributed by atoms with Crippen LogP contribution in [0.25, 0.3) is 10.9 Å². The zero-order chi connectivity index (χ0) is 23.0. The van der Waals surface area contributed by atoms with Gasteiger partial charge in [-0.25, -0.2) is 4.39 Å². The van der Waals surface area contributed by atoms with E-state index < -0.39 is 5.54 Å². The summed E-state index contributed by atoms with van der Waals surface area (Å²) in [6.45, 7) is 2.48. The monoisotopic (exact) mass is 447 g/mol. The molecule has 1 fully saturated rings. The number of carbonyl (C=O) groups excluding carboxylic acids is 2. The number of hydrogen-bond donors (Lipinski definition) is 1. The molecule has 0 bridgehead atoms. The van der Waals surface area contributed by atoms with E-state index in [4.69, 9.17) is 0 Å². The number of amides is 2. The van der Waals surface area contributed by atoms with Crippen LogP contribution in [0.1, 0.15) is 61.5 Å². The van der Waals surface area contributed by atoms with Crippen molar-refractivity contribution in [1.82, 2.24) is 14.8 Å². The molecular formula is C27H30FN3O2. The molecule has 6 heteroatoms. The fourth-order valence-electron chi connectivity index (χ4n) is 5.29. The molecule has 1 atom stereocenters. The summed E-state index contributed by atoms with van der Waals surface area (Å²) < 4.78 is 15.5. The second kappa shape index (κ2) is 8.65. The molecule has 2 aliphatic rings. The van der Waals surface area contributed by atoms with Crippen LogP contribution in [0.2, 0.25) is 0 Å². The second-order valence-electron chi connectivity index (χ2n) is 9.63. The highest BCUT2D eigenvalue weighted by Crippen LogP contribution is 2.34. The Hall–Kier alpha value is -3.15. The lowest BCUT2D eigenvalue weighted by Gasteiger charge is -2.44. The molecule has 3 aromatic rings. The highest BCUT2D eigenvalue weighted by Gasteiger charge is 2.48. The minimum atomic E-state index is -1.06. The van der Waals surface area contributed by atoms with Crippen LogP contribution in [0.3, 0.4) is 0 Å². The van der Waals surface area contributed by atoms with Gasteiger partial charge in [-0.3, -0.25) is 9.59 Å². The van der Waals surface area contributed by atoms with Crippen molar-refractivity contribution in [3.63, 3.8) is 0 Å². The van der Waals surface area contributed by atoms with Crippen LogP contribution in [0.15, 0.2) is 54.6 Å². The van der Waals surface area contributed by atoms with E-state index in [-0.39, 0.29) is 30.2 Å². The smallest absolute Gasteiger partial charge is 0.271 e. The zero-order valence-corrected chi connectivity index (χ0v) is 19.0. The number of hydrogen-bond acceptors (Lipinski definition) is 2. The van der Waals surface area contributed by atoms with Crippen LogP contribution >= 0.6 is 0 Å². The molecule has 33 heavy (non-hydrogen) atoms. The van der Waals surface area contributed by atoms with Gasteiger partial charge in [-0.2, -0.15) is 0 Å². The second-order valence-corrected chi connectivity index (χ2v) is 9.63. The average molecular weight is 448 g/mol. The van der Waals surface area contributed by atoms with E-state index in [2.05, 4.69) is 5.32 Å². The first kappa shape index (κ1) is 21.7. The summed E-state index contributed by atoms with van der Waals surface area (Å²) in [5.41, 5.74) is 1.27. The molecular weight excluding hydrogens is 417 g/mol. The van der Waals surface area contributed by atoms with E-state index in [1.807, 2.05) is 41.8 Å². The molecule has 0 saturated heterocycles. The molecule has 0 radical (unpaired) electrons. The van der Waals surface area contributed by atoms with E-state index in [0.717, 1.165) is 42.1 Å². The molecule has 2 heterocycles. The number of halogens is 1. The van der Waals surface area contributed by atoms with Crippen molar-refractivity contribution in [2.24, 2.45) is 0 Å². The number of nitrogens with one attached hydrogen (secondary N) is 1. The van der Waals surface area contributed by atoms with Gasteiger partial charge in [0.2, 0.25) is 5.91 Å². The molecule has 1 N–H and O–H groups in total. The lowest BCUT2D eigenvalue weighted by atomic mass is 9.93. The van der Waals surface area contributed by atoms with Crippen LogP contribution < -0.4 is 5.32 Å². The van der Waals surface area contributed by atoms with Crippen molar-refractivity contribution in [1.29, 1.82) is 0 Å². The molecule has 172 valence electrons. The number of carbonyl (C=O) groups is 2. The maximum atomic E-state index is 13.8. The van der Waals surface area contributed by atoms with Crippen molar-refractivity contribution in [3.8, 4) is 0 Å². The molecule has 2 amide bonds. The number of benzene rings is 2. The zero-order valence-electron chi connectivity index (χ0n) is 19.0. The van der Waals surface area contributed by atoms with Crippen molar-refractivity contribution < 1.29 is 14.0 Å². The number of fused-ring (bicyclic) bond motifs is 3. The maximum Gasteiger partial charge on any atom is 0.271 e. The van der Waals surface area contributed by atoms with Crippen LogP contribution in [-0.2, 0) is 17.9 Å². The van der Waals surface area contributed by atoms with Gasteiger partial charge in [-0.05, 0) is 49.6 Å². The van der Waals surface area contributed by atoms with Crippen LogP contribution in [0, 0.1) is 5.82 Å². The first-order valence-electron chi connectivity index (χ1n) is 11.9. The van der Waals surface area contributed by atoms with E-state index in [1.54, 1.807) is 17.0 Å². The van der Waals surface area contributed by atoms with Gasteiger partial charge in [0.1, 0.15) is 17.1 Å². The molecule has 5 nitrogen and oxygen atoms in total. The normalized spacial score (nSPS) is 21.6. The Balaban J connectivity index is 1.53. The first-order valence-corrected chi connectivity index (χ1v) is 11.9. The van der Waals surface area contributed by atoms with Gasteiger partial charge in [0.15, 0.2) is 0 Å². The van der Waals surface area contributed by atoms with Crippen molar-refractivity contribution in [2.45, 2.75) is 70.1 Å². The molecule has 2 aromatic carbocycles. The Morgan fingerprint density at radius 1 is 1.06 bits per heavy atom. The minimum absolute atomic E-state index is 0.117. The van der Waals surface area contributed by atoms with Crippen LogP contribution in [-0.4, -0.2) is 32.9 Å². The number of aromatic nitrogens is 1. The molecule has 1 aromatic heterocycles. The Bertz CT molecular complexity index is 1180. The Morgan fingerprint density at radius 3 is 2.48 bits per heavy atom. The summed E-state index contributed by atoms with van der Waals surface area (Å²) in [6.07, 6.45) is 6.60. The predicted octanol–water partition coefficient (Wildman–Crippen LogP) is 5.03. The van der Waals surface area contributed by atoms with Gasteiger partial charge in [0.05, 0.1) is 6.54 Å². The lowest BCUT2D eigenvalue weighted by Crippen LogP contribution is -2.64. The summed E-state index contributed by atoms with van der Waals surface area (Å²) in [5.74, 6) is -0.619. The molecule has 0 spiro atoms. The van der Waals surface area contributed by atoms with Gasteiger partial charge in [-0.1, -0.05) is 56.0 Å². The van der Waals surface area contributed by atoms with Gasteiger partial charge in [0, 0.05) is 23.5 Å². The first-order chi connectivity index (χ1) is 16.0. The summed E-state index contributed by atoms with van der Waals surface area (Å²) in [4.78, 5) is 29.2. The molecule has 5 rings (SSSR count). The Labute approximate surface area is 193 Å². The largest absolute Gasteiger partial charge is 0.351 e. The Morgan fingerprint density at radius 2 is 1.76 bits per heavy atom. The highest BCUT2D eigenvalue weighted by atomic mass is 19.1. The summed E-state index contributed by atoms with van der Waals surface area (Å²) in [6, 6.07) is 16.1. The Kier molecular flexibility index (Phi) is 5.69. The van der Waals surface area contributed by atoms with E-state index >= 15 is 0 Å². The average Bonchev–Trinajstić information content (AvgIpc) is 2.98. The molecule has 1 aliphatic heterocycles. The van der Waals surface area contributed by atoms with Crippen LogP contribution in [0.4, 0.5) is 4.39 Å². The van der Waals surface area contributed by atoms with Gasteiger partial charge < -0.3 is 14.8 Å². The highest BCUT2D eigenvalue weighted by molar-refractivity contribution is 6.03.